The van der Waals surface area contributed by atoms with Crippen LogP contribution in [-0.4, -0.2) is 43.1 Å². The molecule has 1 amide bonds. The molecule has 0 aliphatic carbocycles. The van der Waals surface area contributed by atoms with E-state index in [9.17, 15) is 9.59 Å². The number of rotatable bonds is 3. The topological polar surface area (TPSA) is 94.1 Å². The molecule has 0 unspecified atom stereocenters. The first-order valence-electron chi connectivity index (χ1n) is 7.30. The van der Waals surface area contributed by atoms with Gasteiger partial charge in [-0.15, -0.1) is 0 Å². The van der Waals surface area contributed by atoms with Gasteiger partial charge in [0.15, 0.2) is 5.82 Å². The lowest BCUT2D eigenvalue weighted by atomic mass is 10.0. The Labute approximate surface area is 126 Å². The summed E-state index contributed by atoms with van der Waals surface area (Å²) >= 11 is 0. The van der Waals surface area contributed by atoms with Gasteiger partial charge < -0.3 is 4.90 Å². The van der Waals surface area contributed by atoms with Crippen molar-refractivity contribution < 1.29 is 9.32 Å². The molecule has 3 heterocycles. The van der Waals surface area contributed by atoms with Crippen molar-refractivity contribution in [3.8, 4) is 11.6 Å². The normalized spacial score (nSPS) is 18.4. The van der Waals surface area contributed by atoms with Gasteiger partial charge in [0.2, 0.25) is 11.7 Å². The molecular formula is C14H17N5O3. The van der Waals surface area contributed by atoms with Crippen molar-refractivity contribution in [2.24, 2.45) is 0 Å². The van der Waals surface area contributed by atoms with Gasteiger partial charge in [-0.2, -0.15) is 0 Å². The molecular weight excluding hydrogens is 286 g/mol. The molecule has 1 atom stereocenters. The summed E-state index contributed by atoms with van der Waals surface area (Å²) in [5.74, 6) is -0.369. The van der Waals surface area contributed by atoms with E-state index in [2.05, 4.69) is 19.6 Å². The molecule has 0 spiro atoms. The fourth-order valence-electron chi connectivity index (χ4n) is 2.68. The maximum Gasteiger partial charge on any atom is 0.442 e. The van der Waals surface area contributed by atoms with Crippen molar-refractivity contribution in [3.63, 3.8) is 0 Å². The fourth-order valence-corrected chi connectivity index (χ4v) is 2.68. The largest absolute Gasteiger partial charge is 0.442 e. The van der Waals surface area contributed by atoms with Crippen molar-refractivity contribution in [3.05, 3.63) is 29.0 Å². The van der Waals surface area contributed by atoms with E-state index in [0.717, 1.165) is 25.8 Å². The van der Waals surface area contributed by atoms with E-state index in [-0.39, 0.29) is 30.1 Å². The number of hydrogen-bond acceptors (Lipinski definition) is 6. The molecule has 0 N–H and O–H groups in total. The zero-order chi connectivity index (χ0) is 15.5. The predicted octanol–water partition coefficient (Wildman–Crippen LogP) is 0.694. The summed E-state index contributed by atoms with van der Waals surface area (Å²) in [6.45, 7) is 2.63. The van der Waals surface area contributed by atoms with Crippen LogP contribution >= 0.6 is 0 Å². The van der Waals surface area contributed by atoms with Crippen molar-refractivity contribution in [2.75, 3.05) is 6.54 Å². The van der Waals surface area contributed by atoms with Crippen molar-refractivity contribution in [2.45, 2.75) is 38.8 Å². The highest BCUT2D eigenvalue weighted by Crippen LogP contribution is 2.17. The van der Waals surface area contributed by atoms with Gasteiger partial charge in [0, 0.05) is 25.0 Å². The van der Waals surface area contributed by atoms with Crippen molar-refractivity contribution in [1.82, 2.24) is 24.6 Å². The van der Waals surface area contributed by atoms with Crippen LogP contribution in [0.15, 0.2) is 27.8 Å². The van der Waals surface area contributed by atoms with Crippen LogP contribution in [0.3, 0.4) is 0 Å². The van der Waals surface area contributed by atoms with Gasteiger partial charge >= 0.3 is 5.76 Å². The van der Waals surface area contributed by atoms with Crippen LogP contribution in [0.4, 0.5) is 0 Å². The van der Waals surface area contributed by atoms with E-state index in [1.807, 2.05) is 6.92 Å². The van der Waals surface area contributed by atoms with Gasteiger partial charge in [-0.05, 0) is 32.3 Å². The van der Waals surface area contributed by atoms with Gasteiger partial charge in [0.05, 0.1) is 0 Å². The molecule has 1 fully saturated rings. The Morgan fingerprint density at radius 2 is 2.14 bits per heavy atom. The Balaban J connectivity index is 1.85. The Hall–Kier alpha value is -2.51. The maximum absolute atomic E-state index is 12.5. The third-order valence-electron chi connectivity index (χ3n) is 3.87. The second kappa shape index (κ2) is 6.08. The molecule has 3 rings (SSSR count). The van der Waals surface area contributed by atoms with Crippen LogP contribution in [0, 0.1) is 0 Å². The number of hydrogen-bond donors (Lipinski definition) is 0. The first kappa shape index (κ1) is 14.4. The van der Waals surface area contributed by atoms with Gasteiger partial charge in [0.1, 0.15) is 6.54 Å². The molecule has 116 valence electrons. The van der Waals surface area contributed by atoms with Gasteiger partial charge in [-0.25, -0.2) is 19.3 Å². The lowest BCUT2D eigenvalue weighted by Gasteiger charge is -2.33. The molecule has 8 heteroatoms. The molecule has 2 aromatic heterocycles. The van der Waals surface area contributed by atoms with Crippen LogP contribution in [0.2, 0.25) is 0 Å². The summed E-state index contributed by atoms with van der Waals surface area (Å²) in [6.07, 6.45) is 6.18. The van der Waals surface area contributed by atoms with Gasteiger partial charge in [-0.1, -0.05) is 5.16 Å². The minimum absolute atomic E-state index is 0.111. The number of nitrogens with zero attached hydrogens (tertiary/aromatic N) is 5. The zero-order valence-electron chi connectivity index (χ0n) is 12.3. The molecule has 22 heavy (non-hydrogen) atoms. The number of likely N-dealkylation sites (tertiary alicyclic amines) is 1. The van der Waals surface area contributed by atoms with E-state index in [0.29, 0.717) is 0 Å². The number of aromatic nitrogens is 4. The number of carbonyl (C=O) groups is 1. The predicted molar refractivity (Wildman–Crippen MR) is 76.8 cm³/mol. The van der Waals surface area contributed by atoms with Crippen LogP contribution in [0.25, 0.3) is 11.6 Å². The maximum atomic E-state index is 12.5. The summed E-state index contributed by atoms with van der Waals surface area (Å²) < 4.78 is 5.85. The molecule has 1 saturated heterocycles. The third kappa shape index (κ3) is 2.76. The van der Waals surface area contributed by atoms with Crippen LogP contribution < -0.4 is 5.76 Å². The molecule has 0 aromatic carbocycles. The molecule has 1 aliphatic rings. The standard InChI is InChI=1S/C14H17N5O3/c1-10-5-2-3-8-18(10)11(20)9-19-13(17-22-14(19)21)12-15-6-4-7-16-12/h4,6-7,10H,2-3,5,8-9H2,1H3/t10-/m1/s1. The average molecular weight is 303 g/mol. The van der Waals surface area contributed by atoms with Crippen molar-refractivity contribution in [1.29, 1.82) is 0 Å². The summed E-state index contributed by atoms with van der Waals surface area (Å²) in [7, 11) is 0. The Kier molecular flexibility index (Phi) is 3.99. The SMILES string of the molecule is C[C@@H]1CCCCN1C(=O)Cn1c(-c2ncccn2)noc1=O. The highest BCUT2D eigenvalue weighted by Gasteiger charge is 2.25. The summed E-state index contributed by atoms with van der Waals surface area (Å²) in [5.41, 5.74) is 0. The van der Waals surface area contributed by atoms with E-state index in [1.54, 1.807) is 23.4 Å². The first-order chi connectivity index (χ1) is 10.7. The van der Waals surface area contributed by atoms with E-state index in [1.165, 1.54) is 4.57 Å². The van der Waals surface area contributed by atoms with Gasteiger partial charge in [0.25, 0.3) is 0 Å². The number of piperidine rings is 1. The summed E-state index contributed by atoms with van der Waals surface area (Å²) in [6, 6.07) is 1.85. The number of carbonyl (C=O) groups excluding carboxylic acids is 1. The minimum atomic E-state index is -0.680. The quantitative estimate of drug-likeness (QED) is 0.828. The Morgan fingerprint density at radius 1 is 1.36 bits per heavy atom. The summed E-state index contributed by atoms with van der Waals surface area (Å²) in [5, 5.41) is 3.68. The second-order valence-corrected chi connectivity index (χ2v) is 5.36. The Morgan fingerprint density at radius 3 is 2.86 bits per heavy atom. The zero-order valence-corrected chi connectivity index (χ0v) is 12.3. The van der Waals surface area contributed by atoms with Crippen molar-refractivity contribution >= 4 is 5.91 Å². The second-order valence-electron chi connectivity index (χ2n) is 5.36. The van der Waals surface area contributed by atoms with E-state index < -0.39 is 5.76 Å². The number of amides is 1. The molecule has 2 aromatic rings. The third-order valence-corrected chi connectivity index (χ3v) is 3.87. The first-order valence-corrected chi connectivity index (χ1v) is 7.30. The molecule has 0 bridgehead atoms. The minimum Gasteiger partial charge on any atom is -0.338 e. The van der Waals surface area contributed by atoms with Crippen LogP contribution in [0.5, 0.6) is 0 Å². The van der Waals surface area contributed by atoms with E-state index in [4.69, 9.17) is 0 Å². The highest BCUT2D eigenvalue weighted by molar-refractivity contribution is 5.76. The smallest absolute Gasteiger partial charge is 0.338 e. The fraction of sp³-hybridized carbons (Fsp3) is 0.500. The van der Waals surface area contributed by atoms with Crippen LogP contribution in [-0.2, 0) is 11.3 Å². The lowest BCUT2D eigenvalue weighted by molar-refractivity contribution is -0.135. The van der Waals surface area contributed by atoms with Crippen LogP contribution in [0.1, 0.15) is 26.2 Å². The van der Waals surface area contributed by atoms with Gasteiger partial charge in [-0.3, -0.25) is 9.32 Å². The molecule has 0 radical (unpaired) electrons. The monoisotopic (exact) mass is 303 g/mol. The summed E-state index contributed by atoms with van der Waals surface area (Å²) in [4.78, 5) is 34.2. The highest BCUT2D eigenvalue weighted by atomic mass is 16.5. The molecule has 1 aliphatic heterocycles. The lowest BCUT2D eigenvalue weighted by Crippen LogP contribution is -2.44. The molecule has 0 saturated carbocycles. The average Bonchev–Trinajstić information content (AvgIpc) is 2.89. The molecule has 8 nitrogen and oxygen atoms in total. The van der Waals surface area contributed by atoms with E-state index >= 15 is 0 Å². The Bertz CT molecular complexity index is 709.